The summed E-state index contributed by atoms with van der Waals surface area (Å²) in [5, 5.41) is 4.52. The minimum absolute atomic E-state index is 0.0491. The molecule has 0 saturated carbocycles. The van der Waals surface area contributed by atoms with Crippen molar-refractivity contribution in [2.45, 2.75) is 39.3 Å². The second kappa shape index (κ2) is 3.35. The third kappa shape index (κ3) is 1.61. The van der Waals surface area contributed by atoms with Gasteiger partial charge in [-0.3, -0.25) is 4.68 Å². The highest BCUT2D eigenvalue weighted by Gasteiger charge is 2.25. The minimum Gasteiger partial charge on any atom is -0.376 e. The first-order chi connectivity index (χ1) is 6.50. The van der Waals surface area contributed by atoms with E-state index in [0.29, 0.717) is 6.61 Å². The number of nitrogens with zero attached hydrogens (tertiary/aromatic N) is 2. The second-order valence-corrected chi connectivity index (χ2v) is 5.35. The molecule has 0 N–H and O–H groups in total. The van der Waals surface area contributed by atoms with Gasteiger partial charge in [0.05, 0.1) is 18.8 Å². The number of fused-ring (bicyclic) bond motifs is 1. The molecular formula is C10H15BrN2O. The zero-order chi connectivity index (χ0) is 10.3. The Balaban J connectivity index is 2.52. The van der Waals surface area contributed by atoms with Crippen LogP contribution in [0.25, 0.3) is 0 Å². The fourth-order valence-corrected chi connectivity index (χ4v) is 2.25. The first kappa shape index (κ1) is 10.2. The van der Waals surface area contributed by atoms with E-state index in [-0.39, 0.29) is 5.54 Å². The van der Waals surface area contributed by atoms with E-state index in [1.54, 1.807) is 0 Å². The number of ether oxygens (including phenoxy) is 1. The van der Waals surface area contributed by atoms with Crippen LogP contribution in [-0.2, 0) is 23.3 Å². The molecule has 0 aromatic carbocycles. The van der Waals surface area contributed by atoms with Crippen molar-refractivity contribution >= 4 is 15.9 Å². The van der Waals surface area contributed by atoms with E-state index in [1.807, 2.05) is 0 Å². The van der Waals surface area contributed by atoms with E-state index in [4.69, 9.17) is 4.74 Å². The Morgan fingerprint density at radius 1 is 1.43 bits per heavy atom. The van der Waals surface area contributed by atoms with E-state index in [0.717, 1.165) is 17.6 Å². The molecule has 3 nitrogen and oxygen atoms in total. The van der Waals surface area contributed by atoms with Gasteiger partial charge in [-0.25, -0.2) is 0 Å². The Morgan fingerprint density at radius 2 is 2.14 bits per heavy atom. The van der Waals surface area contributed by atoms with Crippen LogP contribution in [-0.4, -0.2) is 16.4 Å². The third-order valence-corrected chi connectivity index (χ3v) is 3.04. The fraction of sp³-hybridized carbons (Fsp3) is 0.700. The summed E-state index contributed by atoms with van der Waals surface area (Å²) in [6.07, 6.45) is 0.963. The van der Waals surface area contributed by atoms with Crippen molar-refractivity contribution in [2.75, 3.05) is 6.61 Å². The first-order valence-corrected chi connectivity index (χ1v) is 5.64. The standard InChI is InChI=1S/C10H15BrN2O/c1-10(2,3)13-8-4-5-14-6-7(8)9(11)12-13/h4-6H2,1-3H3. The summed E-state index contributed by atoms with van der Waals surface area (Å²) in [5.74, 6) is 0. The van der Waals surface area contributed by atoms with Crippen LogP contribution in [0.5, 0.6) is 0 Å². The topological polar surface area (TPSA) is 27.1 Å². The van der Waals surface area contributed by atoms with Crippen LogP contribution in [0.3, 0.4) is 0 Å². The summed E-state index contributed by atoms with van der Waals surface area (Å²) in [6.45, 7) is 8.00. The molecule has 78 valence electrons. The average Bonchev–Trinajstić information content (AvgIpc) is 2.44. The number of aromatic nitrogens is 2. The molecule has 0 unspecified atom stereocenters. The second-order valence-electron chi connectivity index (χ2n) is 4.60. The van der Waals surface area contributed by atoms with E-state index < -0.39 is 0 Å². The van der Waals surface area contributed by atoms with Crippen LogP contribution < -0.4 is 0 Å². The van der Waals surface area contributed by atoms with Gasteiger partial charge in [0.25, 0.3) is 0 Å². The van der Waals surface area contributed by atoms with Gasteiger partial charge < -0.3 is 4.74 Å². The number of halogens is 1. The van der Waals surface area contributed by atoms with Crippen molar-refractivity contribution < 1.29 is 4.74 Å². The highest BCUT2D eigenvalue weighted by atomic mass is 79.9. The molecular weight excluding hydrogens is 244 g/mol. The largest absolute Gasteiger partial charge is 0.376 e. The van der Waals surface area contributed by atoms with Crippen molar-refractivity contribution in [3.63, 3.8) is 0 Å². The molecule has 1 aliphatic rings. The van der Waals surface area contributed by atoms with E-state index in [9.17, 15) is 0 Å². The van der Waals surface area contributed by atoms with Gasteiger partial charge in [0.2, 0.25) is 0 Å². The summed E-state index contributed by atoms with van der Waals surface area (Å²) in [5.41, 5.74) is 2.58. The van der Waals surface area contributed by atoms with Crippen molar-refractivity contribution in [3.8, 4) is 0 Å². The van der Waals surface area contributed by atoms with Crippen LogP contribution in [0.15, 0.2) is 4.60 Å². The van der Waals surface area contributed by atoms with Gasteiger partial charge in [-0.2, -0.15) is 5.10 Å². The maximum absolute atomic E-state index is 5.42. The predicted molar refractivity (Wildman–Crippen MR) is 58.3 cm³/mol. The highest BCUT2D eigenvalue weighted by Crippen LogP contribution is 2.28. The Bertz CT molecular complexity index is 352. The van der Waals surface area contributed by atoms with Gasteiger partial charge in [-0.15, -0.1) is 0 Å². The molecule has 0 fully saturated rings. The van der Waals surface area contributed by atoms with Crippen molar-refractivity contribution in [1.82, 2.24) is 9.78 Å². The van der Waals surface area contributed by atoms with Crippen molar-refractivity contribution in [2.24, 2.45) is 0 Å². The maximum atomic E-state index is 5.42. The quantitative estimate of drug-likeness (QED) is 0.715. The van der Waals surface area contributed by atoms with Gasteiger partial charge >= 0.3 is 0 Å². The van der Waals surface area contributed by atoms with Gasteiger partial charge in [-0.05, 0) is 36.7 Å². The number of rotatable bonds is 0. The first-order valence-electron chi connectivity index (χ1n) is 4.84. The van der Waals surface area contributed by atoms with Crippen LogP contribution in [0.4, 0.5) is 0 Å². The van der Waals surface area contributed by atoms with E-state index >= 15 is 0 Å². The zero-order valence-electron chi connectivity index (χ0n) is 8.80. The molecule has 14 heavy (non-hydrogen) atoms. The van der Waals surface area contributed by atoms with Crippen molar-refractivity contribution in [1.29, 1.82) is 0 Å². The lowest BCUT2D eigenvalue weighted by atomic mass is 10.1. The molecule has 0 aliphatic carbocycles. The van der Waals surface area contributed by atoms with Crippen LogP contribution in [0.1, 0.15) is 32.0 Å². The van der Waals surface area contributed by atoms with Gasteiger partial charge in [-0.1, -0.05) is 0 Å². The molecule has 0 spiro atoms. The Labute approximate surface area is 92.6 Å². The molecule has 2 rings (SSSR count). The predicted octanol–water partition coefficient (Wildman–Crippen LogP) is 2.47. The molecule has 0 bridgehead atoms. The van der Waals surface area contributed by atoms with E-state index in [2.05, 4.69) is 46.5 Å². The zero-order valence-corrected chi connectivity index (χ0v) is 10.4. The van der Waals surface area contributed by atoms with Gasteiger partial charge in [0.1, 0.15) is 4.60 Å². The lowest BCUT2D eigenvalue weighted by molar-refractivity contribution is 0.107. The molecule has 4 heteroatoms. The summed E-state index contributed by atoms with van der Waals surface area (Å²) < 4.78 is 8.46. The molecule has 0 atom stereocenters. The van der Waals surface area contributed by atoms with Crippen LogP contribution in [0, 0.1) is 0 Å². The van der Waals surface area contributed by atoms with Crippen molar-refractivity contribution in [3.05, 3.63) is 15.9 Å². The SMILES string of the molecule is CC(C)(C)n1nc(Br)c2c1CCOC2. The number of hydrogen-bond donors (Lipinski definition) is 0. The Hall–Kier alpha value is -0.350. The monoisotopic (exact) mass is 258 g/mol. The molecule has 0 saturated heterocycles. The average molecular weight is 259 g/mol. The van der Waals surface area contributed by atoms with Crippen LogP contribution in [0.2, 0.25) is 0 Å². The molecule has 0 radical (unpaired) electrons. The lowest BCUT2D eigenvalue weighted by Crippen LogP contribution is -2.27. The lowest BCUT2D eigenvalue weighted by Gasteiger charge is -2.24. The summed E-state index contributed by atoms with van der Waals surface area (Å²) in [7, 11) is 0. The summed E-state index contributed by atoms with van der Waals surface area (Å²) in [6, 6.07) is 0. The number of hydrogen-bond acceptors (Lipinski definition) is 2. The molecule has 2 heterocycles. The smallest absolute Gasteiger partial charge is 0.133 e. The minimum atomic E-state index is 0.0491. The molecule has 1 aromatic heterocycles. The third-order valence-electron chi connectivity index (χ3n) is 2.41. The fourth-order valence-electron chi connectivity index (χ4n) is 1.75. The van der Waals surface area contributed by atoms with E-state index in [1.165, 1.54) is 11.3 Å². The van der Waals surface area contributed by atoms with Crippen LogP contribution >= 0.6 is 15.9 Å². The summed E-state index contributed by atoms with van der Waals surface area (Å²) >= 11 is 3.48. The Morgan fingerprint density at radius 3 is 2.79 bits per heavy atom. The van der Waals surface area contributed by atoms with Gasteiger partial charge in [0, 0.05) is 17.7 Å². The molecule has 1 aromatic rings. The Kier molecular flexibility index (Phi) is 2.43. The van der Waals surface area contributed by atoms with Gasteiger partial charge in [0.15, 0.2) is 0 Å². The molecule has 0 amide bonds. The maximum Gasteiger partial charge on any atom is 0.133 e. The highest BCUT2D eigenvalue weighted by molar-refractivity contribution is 9.10. The molecule has 1 aliphatic heterocycles. The summed E-state index contributed by atoms with van der Waals surface area (Å²) in [4.78, 5) is 0. The normalized spacial score (nSPS) is 16.9.